The highest BCUT2D eigenvalue weighted by Gasteiger charge is 2.14. The number of aryl methyl sites for hydroxylation is 1. The number of anilines is 1. The monoisotopic (exact) mass is 289 g/mol. The number of hydrogen-bond acceptors (Lipinski definition) is 2. The summed E-state index contributed by atoms with van der Waals surface area (Å²) in [7, 11) is 0. The minimum atomic E-state index is -1.02. The highest BCUT2D eigenvalue weighted by Crippen LogP contribution is 2.14. The van der Waals surface area contributed by atoms with E-state index < -0.39 is 12.0 Å². The number of benzene rings is 2. The number of rotatable bonds is 5. The second-order valence-corrected chi connectivity index (χ2v) is 4.97. The Kier molecular flexibility index (Phi) is 5.16. The Morgan fingerprint density at radius 1 is 1.10 bits per heavy atom. The first-order valence-electron chi connectivity index (χ1n) is 6.43. The topological polar surface area (TPSA) is 49.3 Å². The predicted octanol–water partition coefficient (Wildman–Crippen LogP) is 3.27. The van der Waals surface area contributed by atoms with Crippen molar-refractivity contribution in [3.63, 3.8) is 0 Å². The minimum absolute atomic E-state index is 0.392. The summed E-state index contributed by atoms with van der Waals surface area (Å²) in [4.78, 5) is 11.8. The molecule has 0 fully saturated rings. The number of hydrogen-bond donors (Lipinski definition) is 2. The molecule has 2 N–H and O–H groups in total. The van der Waals surface area contributed by atoms with Gasteiger partial charge in [-0.15, -0.1) is 0 Å². The van der Waals surface area contributed by atoms with Crippen molar-refractivity contribution in [1.29, 1.82) is 0 Å². The van der Waals surface area contributed by atoms with Crippen molar-refractivity contribution in [2.75, 3.05) is 5.32 Å². The highest BCUT2D eigenvalue weighted by atomic mass is 35.5. The van der Waals surface area contributed by atoms with Gasteiger partial charge in [0.1, 0.15) is 6.10 Å². The lowest BCUT2D eigenvalue weighted by Gasteiger charge is -2.11. The molecule has 0 saturated carbocycles. The maximum atomic E-state index is 11.8. The van der Waals surface area contributed by atoms with Gasteiger partial charge in [0.15, 0.2) is 0 Å². The third kappa shape index (κ3) is 4.37. The molecular formula is C16H16ClNO2. The second-order valence-electron chi connectivity index (χ2n) is 4.54. The van der Waals surface area contributed by atoms with Crippen LogP contribution in [0.2, 0.25) is 5.02 Å². The summed E-state index contributed by atoms with van der Waals surface area (Å²) < 4.78 is 0. The average Bonchev–Trinajstić information content (AvgIpc) is 2.48. The lowest BCUT2D eigenvalue weighted by atomic mass is 10.1. The van der Waals surface area contributed by atoms with Gasteiger partial charge in [0.25, 0.3) is 5.91 Å². The number of nitrogens with one attached hydrogen (secondary N) is 1. The Morgan fingerprint density at radius 2 is 1.75 bits per heavy atom. The molecule has 1 amide bonds. The van der Waals surface area contributed by atoms with Crippen molar-refractivity contribution in [2.45, 2.75) is 18.9 Å². The van der Waals surface area contributed by atoms with Crippen molar-refractivity contribution in [1.82, 2.24) is 0 Å². The second kappa shape index (κ2) is 7.08. The van der Waals surface area contributed by atoms with Crippen LogP contribution in [0.3, 0.4) is 0 Å². The third-order valence-corrected chi connectivity index (χ3v) is 3.22. The van der Waals surface area contributed by atoms with Crippen LogP contribution in [0.15, 0.2) is 54.6 Å². The van der Waals surface area contributed by atoms with Gasteiger partial charge in [-0.2, -0.15) is 0 Å². The molecule has 0 bridgehead atoms. The molecule has 1 atom stereocenters. The molecule has 20 heavy (non-hydrogen) atoms. The maximum absolute atomic E-state index is 11.8. The largest absolute Gasteiger partial charge is 0.383 e. The van der Waals surface area contributed by atoms with Crippen molar-refractivity contribution in [3.05, 3.63) is 65.2 Å². The SMILES string of the molecule is O=C(Nc1ccc(Cl)cc1)C(O)CCc1ccccc1. The lowest BCUT2D eigenvalue weighted by Crippen LogP contribution is -2.28. The van der Waals surface area contributed by atoms with Crippen molar-refractivity contribution >= 4 is 23.2 Å². The van der Waals surface area contributed by atoms with E-state index >= 15 is 0 Å². The fraction of sp³-hybridized carbons (Fsp3) is 0.188. The first kappa shape index (κ1) is 14.6. The summed E-state index contributed by atoms with van der Waals surface area (Å²) >= 11 is 5.77. The number of amides is 1. The van der Waals surface area contributed by atoms with Gasteiger partial charge in [-0.1, -0.05) is 41.9 Å². The minimum Gasteiger partial charge on any atom is -0.383 e. The summed E-state index contributed by atoms with van der Waals surface area (Å²) in [6.45, 7) is 0. The van der Waals surface area contributed by atoms with Crippen LogP contribution in [0.4, 0.5) is 5.69 Å². The Morgan fingerprint density at radius 3 is 2.40 bits per heavy atom. The fourth-order valence-corrected chi connectivity index (χ4v) is 1.96. The van der Waals surface area contributed by atoms with Crippen LogP contribution in [0, 0.1) is 0 Å². The van der Waals surface area contributed by atoms with Gasteiger partial charge in [-0.3, -0.25) is 4.79 Å². The maximum Gasteiger partial charge on any atom is 0.253 e. The number of carbonyl (C=O) groups excluding carboxylic acids is 1. The molecule has 3 nitrogen and oxygen atoms in total. The van der Waals surface area contributed by atoms with E-state index in [1.165, 1.54) is 0 Å². The van der Waals surface area contributed by atoms with Gasteiger partial charge in [0.05, 0.1) is 0 Å². The van der Waals surface area contributed by atoms with Crippen LogP contribution in [-0.4, -0.2) is 17.1 Å². The van der Waals surface area contributed by atoms with Crippen LogP contribution >= 0.6 is 11.6 Å². The van der Waals surface area contributed by atoms with E-state index in [2.05, 4.69) is 5.32 Å². The average molecular weight is 290 g/mol. The van der Waals surface area contributed by atoms with Crippen molar-refractivity contribution in [3.8, 4) is 0 Å². The van der Waals surface area contributed by atoms with Gasteiger partial charge >= 0.3 is 0 Å². The first-order chi connectivity index (χ1) is 9.65. The van der Waals surface area contributed by atoms with Gasteiger partial charge in [0, 0.05) is 10.7 Å². The highest BCUT2D eigenvalue weighted by molar-refractivity contribution is 6.30. The number of aliphatic hydroxyl groups excluding tert-OH is 1. The molecule has 0 aliphatic heterocycles. The summed E-state index contributed by atoms with van der Waals surface area (Å²) in [5.41, 5.74) is 1.73. The Hall–Kier alpha value is -1.84. The molecule has 2 rings (SSSR count). The van der Waals surface area contributed by atoms with Crippen LogP contribution < -0.4 is 5.32 Å². The molecule has 0 radical (unpaired) electrons. The van der Waals surface area contributed by atoms with Crippen LogP contribution in [0.25, 0.3) is 0 Å². The van der Waals surface area contributed by atoms with Gasteiger partial charge in [-0.25, -0.2) is 0 Å². The smallest absolute Gasteiger partial charge is 0.253 e. The summed E-state index contributed by atoms with van der Waals surface area (Å²) in [5.74, 6) is -0.400. The summed E-state index contributed by atoms with van der Waals surface area (Å²) in [5, 5.41) is 13.1. The van der Waals surface area contributed by atoms with E-state index in [-0.39, 0.29) is 0 Å². The van der Waals surface area contributed by atoms with Crippen molar-refractivity contribution in [2.24, 2.45) is 0 Å². The van der Waals surface area contributed by atoms with E-state index in [0.29, 0.717) is 23.6 Å². The molecule has 2 aromatic rings. The van der Waals surface area contributed by atoms with E-state index in [0.717, 1.165) is 5.56 Å². The Labute approximate surface area is 123 Å². The number of halogens is 1. The molecule has 2 aromatic carbocycles. The molecule has 0 heterocycles. The van der Waals surface area contributed by atoms with E-state index in [9.17, 15) is 9.90 Å². The molecule has 0 aliphatic carbocycles. The van der Waals surface area contributed by atoms with Crippen LogP contribution in [0.5, 0.6) is 0 Å². The van der Waals surface area contributed by atoms with Crippen molar-refractivity contribution < 1.29 is 9.90 Å². The fourth-order valence-electron chi connectivity index (χ4n) is 1.84. The van der Waals surface area contributed by atoms with Crippen LogP contribution in [-0.2, 0) is 11.2 Å². The molecule has 0 aromatic heterocycles. The Bertz CT molecular complexity index is 554. The normalized spacial score (nSPS) is 11.9. The molecule has 4 heteroatoms. The summed E-state index contributed by atoms with van der Waals surface area (Å²) in [6.07, 6.45) is 0.0327. The van der Waals surface area contributed by atoms with Gasteiger partial charge in [-0.05, 0) is 42.7 Å². The Balaban J connectivity index is 1.84. The van der Waals surface area contributed by atoms with E-state index in [4.69, 9.17) is 11.6 Å². The zero-order valence-electron chi connectivity index (χ0n) is 10.9. The first-order valence-corrected chi connectivity index (χ1v) is 6.81. The van der Waals surface area contributed by atoms with Gasteiger partial charge in [0.2, 0.25) is 0 Å². The van der Waals surface area contributed by atoms with E-state index in [1.54, 1.807) is 24.3 Å². The zero-order chi connectivity index (χ0) is 14.4. The number of aliphatic hydroxyl groups is 1. The summed E-state index contributed by atoms with van der Waals surface area (Å²) in [6, 6.07) is 16.5. The molecule has 104 valence electrons. The standard InChI is InChI=1S/C16H16ClNO2/c17-13-7-9-14(10-8-13)18-16(20)15(19)11-6-12-4-2-1-3-5-12/h1-5,7-10,15,19H,6,11H2,(H,18,20). The predicted molar refractivity (Wildman–Crippen MR) is 80.9 cm³/mol. The lowest BCUT2D eigenvalue weighted by molar-refractivity contribution is -0.124. The van der Waals surface area contributed by atoms with Gasteiger partial charge < -0.3 is 10.4 Å². The van der Waals surface area contributed by atoms with Crippen LogP contribution in [0.1, 0.15) is 12.0 Å². The molecule has 0 spiro atoms. The third-order valence-electron chi connectivity index (χ3n) is 2.96. The molecule has 0 saturated heterocycles. The molecule has 0 aliphatic rings. The van der Waals surface area contributed by atoms with E-state index in [1.807, 2.05) is 30.3 Å². The number of carbonyl (C=O) groups is 1. The quantitative estimate of drug-likeness (QED) is 0.887. The zero-order valence-corrected chi connectivity index (χ0v) is 11.7. The molecular weight excluding hydrogens is 274 g/mol. The molecule has 1 unspecified atom stereocenters.